The van der Waals surface area contributed by atoms with Crippen molar-refractivity contribution in [3.05, 3.63) is 59.7 Å². The molecule has 0 bridgehead atoms. The van der Waals surface area contributed by atoms with Crippen molar-refractivity contribution in [3.8, 4) is 0 Å². The Bertz CT molecular complexity index is 874. The fourth-order valence-corrected chi connectivity index (χ4v) is 2.83. The maximum atomic E-state index is 12.0. The smallest absolute Gasteiger partial charge is 0.251 e. The molecule has 2 aromatic carbocycles. The van der Waals surface area contributed by atoms with Gasteiger partial charge in [0.25, 0.3) is 5.91 Å². The number of hydrogen-bond donors (Lipinski definition) is 2. The first-order chi connectivity index (χ1) is 11.8. The van der Waals surface area contributed by atoms with Gasteiger partial charge >= 0.3 is 0 Å². The van der Waals surface area contributed by atoms with Gasteiger partial charge in [0.15, 0.2) is 9.84 Å². The van der Waals surface area contributed by atoms with E-state index in [2.05, 4.69) is 10.6 Å². The summed E-state index contributed by atoms with van der Waals surface area (Å²) in [6.45, 7) is 1.82. The lowest BCUT2D eigenvalue weighted by Crippen LogP contribution is -2.32. The van der Waals surface area contributed by atoms with Gasteiger partial charge in [0, 0.05) is 17.5 Å². The molecule has 0 atom stereocenters. The molecule has 7 heteroatoms. The minimum atomic E-state index is -3.35. The van der Waals surface area contributed by atoms with Crippen LogP contribution < -0.4 is 10.6 Å². The van der Waals surface area contributed by atoms with Gasteiger partial charge in [0.1, 0.15) is 0 Å². The minimum absolute atomic E-state index is 0.116. The molecule has 0 saturated carbocycles. The highest BCUT2D eigenvalue weighted by Gasteiger charge is 2.11. The van der Waals surface area contributed by atoms with Gasteiger partial charge in [-0.2, -0.15) is 0 Å². The van der Waals surface area contributed by atoms with E-state index in [0.717, 1.165) is 18.2 Å². The van der Waals surface area contributed by atoms with Crippen LogP contribution in [-0.2, 0) is 21.1 Å². The molecule has 0 aliphatic heterocycles. The van der Waals surface area contributed by atoms with Crippen LogP contribution in [0.2, 0.25) is 0 Å². The zero-order valence-corrected chi connectivity index (χ0v) is 14.9. The molecule has 2 aromatic rings. The van der Waals surface area contributed by atoms with Crippen molar-refractivity contribution >= 4 is 27.3 Å². The van der Waals surface area contributed by atoms with E-state index in [1.807, 2.05) is 19.1 Å². The predicted octanol–water partition coefficient (Wildman–Crippen LogP) is 2.02. The first kappa shape index (κ1) is 18.7. The predicted molar refractivity (Wildman–Crippen MR) is 96.3 cm³/mol. The topological polar surface area (TPSA) is 92.3 Å². The summed E-state index contributed by atoms with van der Waals surface area (Å²) in [5, 5.41) is 5.09. The number of carbonyl (C=O) groups is 2. The highest BCUT2D eigenvalue weighted by molar-refractivity contribution is 7.90. The molecule has 0 aromatic heterocycles. The molecular weight excluding hydrogens is 340 g/mol. The average Bonchev–Trinajstić information content (AvgIpc) is 2.59. The number of sulfone groups is 1. The summed E-state index contributed by atoms with van der Waals surface area (Å²) >= 11 is 0. The van der Waals surface area contributed by atoms with Gasteiger partial charge in [-0.15, -0.1) is 0 Å². The summed E-state index contributed by atoms with van der Waals surface area (Å²) in [4.78, 5) is 24.1. The molecule has 0 radical (unpaired) electrons. The molecule has 0 unspecified atom stereocenters. The van der Waals surface area contributed by atoms with E-state index in [0.29, 0.717) is 11.3 Å². The minimum Gasteiger partial charge on any atom is -0.343 e. The van der Waals surface area contributed by atoms with Gasteiger partial charge in [-0.05, 0) is 42.3 Å². The zero-order chi connectivity index (χ0) is 18.4. The molecule has 0 fully saturated rings. The van der Waals surface area contributed by atoms with E-state index < -0.39 is 15.7 Å². The van der Waals surface area contributed by atoms with E-state index >= 15 is 0 Å². The Balaban J connectivity index is 1.93. The van der Waals surface area contributed by atoms with E-state index in [1.54, 1.807) is 24.3 Å². The van der Waals surface area contributed by atoms with Crippen molar-refractivity contribution in [2.45, 2.75) is 18.2 Å². The van der Waals surface area contributed by atoms with Crippen molar-refractivity contribution in [2.24, 2.45) is 0 Å². The van der Waals surface area contributed by atoms with Crippen molar-refractivity contribution in [1.82, 2.24) is 5.32 Å². The van der Waals surface area contributed by atoms with Crippen molar-refractivity contribution in [1.29, 1.82) is 0 Å². The fourth-order valence-electron chi connectivity index (χ4n) is 2.16. The Morgan fingerprint density at radius 2 is 1.72 bits per heavy atom. The summed E-state index contributed by atoms with van der Waals surface area (Å²) in [6.07, 6.45) is 1.98. The van der Waals surface area contributed by atoms with Crippen LogP contribution in [-0.4, -0.2) is 33.0 Å². The number of amides is 2. The number of benzene rings is 2. The highest BCUT2D eigenvalue weighted by atomic mass is 32.2. The van der Waals surface area contributed by atoms with Crippen molar-refractivity contribution in [3.63, 3.8) is 0 Å². The average molecular weight is 360 g/mol. The monoisotopic (exact) mass is 360 g/mol. The number of nitrogens with one attached hydrogen (secondary N) is 2. The third-order valence-corrected chi connectivity index (χ3v) is 4.69. The summed E-state index contributed by atoms with van der Waals surface area (Å²) in [7, 11) is -3.35. The Kier molecular flexibility index (Phi) is 5.93. The maximum absolute atomic E-state index is 12.0. The fraction of sp³-hybridized carbons (Fsp3) is 0.222. The Hall–Kier alpha value is -2.67. The molecule has 2 amide bonds. The lowest BCUT2D eigenvalue weighted by Gasteiger charge is -2.08. The Morgan fingerprint density at radius 1 is 1.04 bits per heavy atom. The van der Waals surface area contributed by atoms with Crippen LogP contribution in [0.1, 0.15) is 22.8 Å². The molecule has 0 saturated heterocycles. The third kappa shape index (κ3) is 5.42. The number of hydrogen-bond acceptors (Lipinski definition) is 4. The molecule has 2 rings (SSSR count). The van der Waals surface area contributed by atoms with E-state index in [9.17, 15) is 18.0 Å². The summed E-state index contributed by atoms with van der Waals surface area (Å²) < 4.78 is 23.0. The standard InChI is InChI=1S/C18H20N2O4S/c1-3-13-7-9-14(10-8-13)18(22)19-12-17(21)20-15-5-4-6-16(11-15)25(2,23)24/h4-11H,3,12H2,1-2H3,(H,19,22)(H,20,21). The summed E-state index contributed by atoms with van der Waals surface area (Å²) in [5.74, 6) is -0.785. The van der Waals surface area contributed by atoms with Crippen LogP contribution in [0.25, 0.3) is 0 Å². The summed E-state index contributed by atoms with van der Waals surface area (Å²) in [5.41, 5.74) is 1.96. The van der Waals surface area contributed by atoms with Crippen molar-refractivity contribution < 1.29 is 18.0 Å². The van der Waals surface area contributed by atoms with Gasteiger partial charge < -0.3 is 10.6 Å². The molecular formula is C18H20N2O4S. The van der Waals surface area contributed by atoms with Gasteiger partial charge in [-0.1, -0.05) is 25.1 Å². The second kappa shape index (κ2) is 7.94. The first-order valence-corrected chi connectivity index (χ1v) is 9.66. The number of rotatable bonds is 6. The largest absolute Gasteiger partial charge is 0.343 e. The molecule has 25 heavy (non-hydrogen) atoms. The maximum Gasteiger partial charge on any atom is 0.251 e. The van der Waals surface area contributed by atoms with Crippen LogP contribution >= 0.6 is 0 Å². The van der Waals surface area contributed by atoms with Gasteiger partial charge in [-0.3, -0.25) is 9.59 Å². The van der Waals surface area contributed by atoms with E-state index in [4.69, 9.17) is 0 Å². The van der Waals surface area contributed by atoms with Crippen LogP contribution in [0.4, 0.5) is 5.69 Å². The molecule has 6 nitrogen and oxygen atoms in total. The number of aryl methyl sites for hydroxylation is 1. The number of anilines is 1. The Labute approximate surface area is 147 Å². The summed E-state index contributed by atoms with van der Waals surface area (Å²) in [6, 6.07) is 13.1. The highest BCUT2D eigenvalue weighted by Crippen LogP contribution is 2.15. The molecule has 0 aliphatic carbocycles. The number of carbonyl (C=O) groups excluding carboxylic acids is 2. The van der Waals surface area contributed by atoms with Crippen LogP contribution in [0.5, 0.6) is 0 Å². The van der Waals surface area contributed by atoms with E-state index in [1.165, 1.54) is 12.1 Å². The molecule has 0 heterocycles. The van der Waals surface area contributed by atoms with E-state index in [-0.39, 0.29) is 17.3 Å². The third-order valence-electron chi connectivity index (χ3n) is 3.58. The van der Waals surface area contributed by atoms with Crippen LogP contribution in [0.3, 0.4) is 0 Å². The second-order valence-corrected chi connectivity index (χ2v) is 7.60. The SMILES string of the molecule is CCc1ccc(C(=O)NCC(=O)Nc2cccc(S(C)(=O)=O)c2)cc1. The molecule has 0 spiro atoms. The quantitative estimate of drug-likeness (QED) is 0.824. The normalized spacial score (nSPS) is 11.0. The lowest BCUT2D eigenvalue weighted by molar-refractivity contribution is -0.115. The molecule has 2 N–H and O–H groups in total. The van der Waals surface area contributed by atoms with Gasteiger partial charge in [0.2, 0.25) is 5.91 Å². The molecule has 0 aliphatic rings. The second-order valence-electron chi connectivity index (χ2n) is 5.58. The van der Waals surface area contributed by atoms with Crippen molar-refractivity contribution in [2.75, 3.05) is 18.1 Å². The molecule has 132 valence electrons. The Morgan fingerprint density at radius 3 is 2.32 bits per heavy atom. The van der Waals surface area contributed by atoms with Gasteiger partial charge in [0.05, 0.1) is 11.4 Å². The first-order valence-electron chi connectivity index (χ1n) is 7.76. The van der Waals surface area contributed by atoms with Crippen LogP contribution in [0, 0.1) is 0 Å². The van der Waals surface area contributed by atoms with Gasteiger partial charge in [-0.25, -0.2) is 8.42 Å². The zero-order valence-electron chi connectivity index (χ0n) is 14.1. The lowest BCUT2D eigenvalue weighted by atomic mass is 10.1. The van der Waals surface area contributed by atoms with Crippen LogP contribution in [0.15, 0.2) is 53.4 Å².